The molecule has 1 aromatic heterocycles. The van der Waals surface area contributed by atoms with E-state index in [0.717, 1.165) is 17.8 Å². The largest absolute Gasteiger partial charge is 0.365 e. The molecule has 2 aromatic rings. The number of hydrogen-bond acceptors (Lipinski definition) is 1. The number of carbonyl (C=O) groups is 1. The predicted molar refractivity (Wildman–Crippen MR) is 78.3 cm³/mol. The molecule has 1 N–H and O–H groups in total. The Morgan fingerprint density at radius 3 is 2.74 bits per heavy atom. The molecule has 0 aliphatic rings. The number of nitrogens with one attached hydrogen (secondary N) is 1. The number of aryl methyl sites for hydroxylation is 2. The van der Waals surface area contributed by atoms with Crippen LogP contribution in [0.15, 0.2) is 42.6 Å². The summed E-state index contributed by atoms with van der Waals surface area (Å²) in [6.07, 6.45) is 3.17. The van der Waals surface area contributed by atoms with E-state index in [1.165, 1.54) is 5.56 Å². The van der Waals surface area contributed by atoms with E-state index in [1.807, 2.05) is 55.3 Å². The molecule has 2 rings (SSSR count). The van der Waals surface area contributed by atoms with Crippen LogP contribution < -0.4 is 4.90 Å². The van der Waals surface area contributed by atoms with Crippen LogP contribution in [-0.2, 0) is 11.2 Å². The number of amides is 1. The van der Waals surface area contributed by atoms with Crippen LogP contribution >= 0.6 is 0 Å². The summed E-state index contributed by atoms with van der Waals surface area (Å²) in [6, 6.07) is 12.0. The van der Waals surface area contributed by atoms with E-state index in [-0.39, 0.29) is 5.91 Å². The molecule has 1 heterocycles. The lowest BCUT2D eigenvalue weighted by atomic mass is 10.1. The molecule has 0 saturated heterocycles. The molecular weight excluding hydrogens is 236 g/mol. The van der Waals surface area contributed by atoms with Crippen molar-refractivity contribution in [2.24, 2.45) is 0 Å². The number of aromatic nitrogens is 1. The second-order valence-corrected chi connectivity index (χ2v) is 4.67. The fraction of sp³-hybridized carbons (Fsp3) is 0.312. The molecule has 0 atom stereocenters. The van der Waals surface area contributed by atoms with E-state index >= 15 is 0 Å². The highest BCUT2D eigenvalue weighted by molar-refractivity contribution is 5.93. The Morgan fingerprint density at radius 2 is 2.11 bits per heavy atom. The van der Waals surface area contributed by atoms with Gasteiger partial charge < -0.3 is 9.88 Å². The van der Waals surface area contributed by atoms with Gasteiger partial charge in [0.25, 0.3) is 0 Å². The van der Waals surface area contributed by atoms with E-state index in [1.54, 1.807) is 0 Å². The van der Waals surface area contributed by atoms with Gasteiger partial charge in [-0.15, -0.1) is 0 Å². The van der Waals surface area contributed by atoms with Crippen molar-refractivity contribution in [2.45, 2.75) is 26.7 Å². The van der Waals surface area contributed by atoms with Crippen LogP contribution in [0.25, 0.3) is 0 Å². The fourth-order valence-electron chi connectivity index (χ4n) is 2.20. The lowest BCUT2D eigenvalue weighted by Gasteiger charge is -2.21. The van der Waals surface area contributed by atoms with Gasteiger partial charge in [0.2, 0.25) is 5.91 Å². The Bertz CT molecular complexity index is 531. The van der Waals surface area contributed by atoms with Gasteiger partial charge in [0.1, 0.15) is 0 Å². The molecular formula is C16H20N2O. The molecule has 0 saturated carbocycles. The number of rotatable bonds is 5. The molecule has 100 valence electrons. The van der Waals surface area contributed by atoms with E-state index < -0.39 is 0 Å². The van der Waals surface area contributed by atoms with Crippen LogP contribution in [0.3, 0.4) is 0 Å². The molecule has 0 aliphatic carbocycles. The Balaban J connectivity index is 2.02. The topological polar surface area (TPSA) is 36.1 Å². The van der Waals surface area contributed by atoms with Crippen molar-refractivity contribution < 1.29 is 4.79 Å². The first-order chi connectivity index (χ1) is 9.20. The van der Waals surface area contributed by atoms with Crippen molar-refractivity contribution in [3.63, 3.8) is 0 Å². The third kappa shape index (κ3) is 3.47. The van der Waals surface area contributed by atoms with Gasteiger partial charge in [-0.1, -0.05) is 12.1 Å². The van der Waals surface area contributed by atoms with Crippen LogP contribution in [0.4, 0.5) is 5.69 Å². The number of aromatic amines is 1. The van der Waals surface area contributed by atoms with Gasteiger partial charge in [0.15, 0.2) is 0 Å². The van der Waals surface area contributed by atoms with Gasteiger partial charge in [-0.2, -0.15) is 0 Å². The molecule has 19 heavy (non-hydrogen) atoms. The minimum atomic E-state index is 0.169. The molecule has 0 spiro atoms. The summed E-state index contributed by atoms with van der Waals surface area (Å²) in [4.78, 5) is 17.3. The average Bonchev–Trinajstić information content (AvgIpc) is 2.90. The summed E-state index contributed by atoms with van der Waals surface area (Å²) in [7, 11) is 0. The predicted octanol–water partition coefficient (Wildman–Crippen LogP) is 3.31. The second kappa shape index (κ2) is 6.23. The summed E-state index contributed by atoms with van der Waals surface area (Å²) in [6.45, 7) is 4.75. The van der Waals surface area contributed by atoms with Gasteiger partial charge in [-0.05, 0) is 50.1 Å². The van der Waals surface area contributed by atoms with Crippen molar-refractivity contribution in [1.29, 1.82) is 0 Å². The summed E-state index contributed by atoms with van der Waals surface area (Å²) in [5.74, 6) is 0.169. The summed E-state index contributed by atoms with van der Waals surface area (Å²) in [5.41, 5.74) is 3.26. The lowest BCUT2D eigenvalue weighted by Crippen LogP contribution is -2.30. The van der Waals surface area contributed by atoms with Crippen molar-refractivity contribution in [3.8, 4) is 0 Å². The van der Waals surface area contributed by atoms with Crippen LogP contribution in [-0.4, -0.2) is 17.4 Å². The third-order valence-corrected chi connectivity index (χ3v) is 3.20. The first-order valence-corrected chi connectivity index (χ1v) is 6.70. The first-order valence-electron chi connectivity index (χ1n) is 6.70. The molecule has 0 fully saturated rings. The SMILES string of the molecule is CCN(C(=O)CCc1ccc[nH]1)c1cccc(C)c1. The quantitative estimate of drug-likeness (QED) is 0.875. The van der Waals surface area contributed by atoms with Crippen molar-refractivity contribution >= 4 is 11.6 Å². The van der Waals surface area contributed by atoms with Gasteiger partial charge in [-0.3, -0.25) is 4.79 Å². The number of H-pyrrole nitrogens is 1. The highest BCUT2D eigenvalue weighted by atomic mass is 16.2. The zero-order chi connectivity index (χ0) is 13.7. The maximum absolute atomic E-state index is 12.3. The van der Waals surface area contributed by atoms with Crippen LogP contribution in [0.2, 0.25) is 0 Å². The normalized spacial score (nSPS) is 10.4. The number of carbonyl (C=O) groups excluding carboxylic acids is 1. The zero-order valence-corrected chi connectivity index (χ0v) is 11.5. The van der Waals surface area contributed by atoms with E-state index in [2.05, 4.69) is 11.1 Å². The minimum Gasteiger partial charge on any atom is -0.365 e. The lowest BCUT2D eigenvalue weighted by molar-refractivity contribution is -0.118. The smallest absolute Gasteiger partial charge is 0.227 e. The number of anilines is 1. The van der Waals surface area contributed by atoms with Crippen molar-refractivity contribution in [2.75, 3.05) is 11.4 Å². The van der Waals surface area contributed by atoms with E-state index in [9.17, 15) is 4.79 Å². The number of benzene rings is 1. The number of hydrogen-bond donors (Lipinski definition) is 1. The molecule has 1 aromatic carbocycles. The maximum Gasteiger partial charge on any atom is 0.227 e. The zero-order valence-electron chi connectivity index (χ0n) is 11.5. The first kappa shape index (κ1) is 13.4. The number of nitrogens with zero attached hydrogens (tertiary/aromatic N) is 1. The van der Waals surface area contributed by atoms with Gasteiger partial charge in [-0.25, -0.2) is 0 Å². The molecule has 1 amide bonds. The molecule has 0 aliphatic heterocycles. The highest BCUT2D eigenvalue weighted by Gasteiger charge is 2.13. The Kier molecular flexibility index (Phi) is 4.39. The maximum atomic E-state index is 12.3. The minimum absolute atomic E-state index is 0.169. The molecule has 3 nitrogen and oxygen atoms in total. The van der Waals surface area contributed by atoms with Gasteiger partial charge in [0, 0.05) is 30.5 Å². The summed E-state index contributed by atoms with van der Waals surface area (Å²) in [5, 5.41) is 0. The van der Waals surface area contributed by atoms with E-state index in [4.69, 9.17) is 0 Å². The highest BCUT2D eigenvalue weighted by Crippen LogP contribution is 2.17. The Hall–Kier alpha value is -2.03. The van der Waals surface area contributed by atoms with Gasteiger partial charge >= 0.3 is 0 Å². The average molecular weight is 256 g/mol. The van der Waals surface area contributed by atoms with Crippen LogP contribution in [0.5, 0.6) is 0 Å². The van der Waals surface area contributed by atoms with E-state index in [0.29, 0.717) is 13.0 Å². The third-order valence-electron chi connectivity index (χ3n) is 3.20. The van der Waals surface area contributed by atoms with Crippen molar-refractivity contribution in [3.05, 3.63) is 53.9 Å². The monoisotopic (exact) mass is 256 g/mol. The van der Waals surface area contributed by atoms with Crippen LogP contribution in [0.1, 0.15) is 24.6 Å². The standard InChI is InChI=1S/C16H20N2O/c1-3-18(15-8-4-6-13(2)12-15)16(19)10-9-14-7-5-11-17-14/h4-8,11-12,17H,3,9-10H2,1-2H3. The van der Waals surface area contributed by atoms with Crippen LogP contribution in [0, 0.1) is 6.92 Å². The molecule has 0 bridgehead atoms. The van der Waals surface area contributed by atoms with Crippen molar-refractivity contribution in [1.82, 2.24) is 4.98 Å². The fourth-order valence-corrected chi connectivity index (χ4v) is 2.20. The Morgan fingerprint density at radius 1 is 1.26 bits per heavy atom. The second-order valence-electron chi connectivity index (χ2n) is 4.67. The Labute approximate surface area is 114 Å². The summed E-state index contributed by atoms with van der Waals surface area (Å²) < 4.78 is 0. The molecule has 3 heteroatoms. The van der Waals surface area contributed by atoms with Gasteiger partial charge in [0.05, 0.1) is 0 Å². The summed E-state index contributed by atoms with van der Waals surface area (Å²) >= 11 is 0. The molecule has 0 unspecified atom stereocenters. The molecule has 0 radical (unpaired) electrons.